The predicted molar refractivity (Wildman–Crippen MR) is 98.1 cm³/mol. The van der Waals surface area contributed by atoms with E-state index in [4.69, 9.17) is 10.5 Å². The van der Waals surface area contributed by atoms with E-state index in [1.165, 1.54) is 12.3 Å². The summed E-state index contributed by atoms with van der Waals surface area (Å²) in [5.41, 5.74) is 6.10. The molecular formula is C18H13F4N5O2. The molecule has 0 aliphatic carbocycles. The predicted octanol–water partition coefficient (Wildman–Crippen LogP) is 3.44. The highest BCUT2D eigenvalue weighted by Gasteiger charge is 2.30. The minimum absolute atomic E-state index is 0.0684. The van der Waals surface area contributed by atoms with E-state index in [1.54, 1.807) is 6.92 Å². The first kappa shape index (κ1) is 18.7. The van der Waals surface area contributed by atoms with Crippen LogP contribution in [0.5, 0.6) is 5.75 Å². The zero-order valence-corrected chi connectivity index (χ0v) is 14.8. The van der Waals surface area contributed by atoms with Gasteiger partial charge in [-0.05, 0) is 18.6 Å². The molecule has 0 radical (unpaired) electrons. The van der Waals surface area contributed by atoms with Crippen LogP contribution < -0.4 is 16.0 Å². The first-order valence-electron chi connectivity index (χ1n) is 8.30. The Balaban J connectivity index is 2.11. The Kier molecular flexibility index (Phi) is 4.17. The summed E-state index contributed by atoms with van der Waals surface area (Å²) >= 11 is 0. The van der Waals surface area contributed by atoms with E-state index in [1.807, 2.05) is 0 Å². The second-order valence-electron chi connectivity index (χ2n) is 6.36. The van der Waals surface area contributed by atoms with Gasteiger partial charge in [-0.1, -0.05) is 6.07 Å². The number of aromatic nitrogens is 4. The lowest BCUT2D eigenvalue weighted by atomic mass is 9.96. The van der Waals surface area contributed by atoms with Crippen LogP contribution in [0.4, 0.5) is 23.2 Å². The number of fused-ring (bicyclic) bond motifs is 2. The van der Waals surface area contributed by atoms with Crippen LogP contribution in [0.15, 0.2) is 29.3 Å². The summed E-state index contributed by atoms with van der Waals surface area (Å²) in [6.07, 6.45) is -2.12. The number of alkyl halides is 3. The summed E-state index contributed by atoms with van der Waals surface area (Å²) in [4.78, 5) is 18.9. The van der Waals surface area contributed by atoms with Crippen LogP contribution in [0.3, 0.4) is 0 Å². The molecule has 0 amide bonds. The van der Waals surface area contributed by atoms with Crippen molar-refractivity contribution in [2.45, 2.75) is 13.1 Å². The number of benzene rings is 1. The number of rotatable bonds is 3. The number of hydrogen-bond donors (Lipinski definition) is 3. The number of ether oxygens (including phenoxy) is 1. The fourth-order valence-corrected chi connectivity index (χ4v) is 3.19. The SMILES string of the molecule is Cc1ncc(OCC(F)(F)F)c2c(-c3ccc(F)c4[nH]ncc34)c(N)c(=O)[nH]c12. The monoisotopic (exact) mass is 407 g/mol. The first-order valence-corrected chi connectivity index (χ1v) is 8.30. The lowest BCUT2D eigenvalue weighted by molar-refractivity contribution is -0.153. The Morgan fingerprint density at radius 2 is 1.97 bits per heavy atom. The minimum Gasteiger partial charge on any atom is -0.482 e. The van der Waals surface area contributed by atoms with Crippen molar-refractivity contribution in [1.29, 1.82) is 0 Å². The summed E-state index contributed by atoms with van der Waals surface area (Å²) in [5.74, 6) is -0.804. The number of nitrogen functional groups attached to an aromatic ring is 1. The molecule has 0 spiro atoms. The maximum atomic E-state index is 14.1. The Morgan fingerprint density at radius 3 is 2.69 bits per heavy atom. The topological polar surface area (TPSA) is 110 Å². The molecule has 0 aliphatic rings. The number of anilines is 1. The maximum absolute atomic E-state index is 14.1. The zero-order valence-electron chi connectivity index (χ0n) is 14.8. The van der Waals surface area contributed by atoms with Crippen molar-refractivity contribution in [1.82, 2.24) is 20.2 Å². The molecule has 4 rings (SSSR count). The van der Waals surface area contributed by atoms with Crippen molar-refractivity contribution in [3.05, 3.63) is 46.4 Å². The van der Waals surface area contributed by atoms with Gasteiger partial charge >= 0.3 is 6.18 Å². The standard InChI is InChI=1S/C18H13F4N5O2/c1-7-15-13(11(5-24-7)29-6-18(20,21)22)12(14(23)17(28)26-15)8-2-3-10(19)16-9(8)4-25-27-16/h2-5H,6,23H2,1H3,(H,25,27)(H,26,28). The number of aromatic amines is 2. The van der Waals surface area contributed by atoms with E-state index in [0.717, 1.165) is 12.3 Å². The van der Waals surface area contributed by atoms with Crippen LogP contribution >= 0.6 is 0 Å². The van der Waals surface area contributed by atoms with E-state index in [0.29, 0.717) is 16.6 Å². The molecule has 0 aliphatic heterocycles. The highest BCUT2D eigenvalue weighted by molar-refractivity contribution is 6.10. The third-order valence-corrected chi connectivity index (χ3v) is 4.46. The zero-order chi connectivity index (χ0) is 20.9. The Hall–Kier alpha value is -3.63. The summed E-state index contributed by atoms with van der Waals surface area (Å²) in [5, 5.41) is 6.75. The van der Waals surface area contributed by atoms with E-state index in [2.05, 4.69) is 20.2 Å². The average Bonchev–Trinajstić information content (AvgIpc) is 3.14. The van der Waals surface area contributed by atoms with Crippen LogP contribution in [-0.4, -0.2) is 32.9 Å². The van der Waals surface area contributed by atoms with Crippen LogP contribution in [0.2, 0.25) is 0 Å². The fourth-order valence-electron chi connectivity index (χ4n) is 3.19. The van der Waals surface area contributed by atoms with Crippen molar-refractivity contribution in [2.75, 3.05) is 12.3 Å². The molecule has 7 nitrogen and oxygen atoms in total. The van der Waals surface area contributed by atoms with E-state index in [-0.39, 0.29) is 33.4 Å². The minimum atomic E-state index is -4.58. The van der Waals surface area contributed by atoms with Gasteiger partial charge in [0.05, 0.1) is 29.0 Å². The van der Waals surface area contributed by atoms with E-state index in [9.17, 15) is 22.4 Å². The van der Waals surface area contributed by atoms with Gasteiger partial charge in [0.1, 0.15) is 22.8 Å². The Bertz CT molecular complexity index is 1310. The molecule has 11 heteroatoms. The van der Waals surface area contributed by atoms with Crippen molar-refractivity contribution in [3.8, 4) is 16.9 Å². The lowest BCUT2D eigenvalue weighted by Gasteiger charge is -2.17. The van der Waals surface area contributed by atoms with Crippen molar-refractivity contribution in [3.63, 3.8) is 0 Å². The second-order valence-corrected chi connectivity index (χ2v) is 6.36. The Morgan fingerprint density at radius 1 is 1.21 bits per heavy atom. The number of H-pyrrole nitrogens is 2. The summed E-state index contributed by atoms with van der Waals surface area (Å²) in [6.45, 7) is 0.0136. The molecule has 1 aromatic carbocycles. The molecule has 0 fully saturated rings. The number of nitrogens with one attached hydrogen (secondary N) is 2. The van der Waals surface area contributed by atoms with Crippen LogP contribution in [0.1, 0.15) is 5.69 Å². The first-order chi connectivity index (χ1) is 13.7. The molecular weight excluding hydrogens is 394 g/mol. The van der Waals surface area contributed by atoms with Gasteiger partial charge in [-0.25, -0.2) is 4.39 Å². The van der Waals surface area contributed by atoms with Gasteiger partial charge in [0.2, 0.25) is 0 Å². The van der Waals surface area contributed by atoms with Gasteiger partial charge in [-0.2, -0.15) is 18.3 Å². The molecule has 0 bridgehead atoms. The van der Waals surface area contributed by atoms with Crippen LogP contribution in [0, 0.1) is 12.7 Å². The summed E-state index contributed by atoms with van der Waals surface area (Å²) in [6, 6.07) is 2.52. The van der Waals surface area contributed by atoms with Crippen LogP contribution in [-0.2, 0) is 0 Å². The fraction of sp³-hybridized carbons (Fsp3) is 0.167. The summed E-state index contributed by atoms with van der Waals surface area (Å²) in [7, 11) is 0. The number of halogens is 4. The third kappa shape index (κ3) is 3.13. The van der Waals surface area contributed by atoms with Gasteiger partial charge in [-0.3, -0.25) is 14.9 Å². The largest absolute Gasteiger partial charge is 0.482 e. The number of nitrogens with two attached hydrogens (primary N) is 1. The average molecular weight is 407 g/mol. The summed E-state index contributed by atoms with van der Waals surface area (Å²) < 4.78 is 57.2. The van der Waals surface area contributed by atoms with Gasteiger partial charge in [-0.15, -0.1) is 0 Å². The third-order valence-electron chi connectivity index (χ3n) is 4.46. The Labute approximate surface area is 159 Å². The maximum Gasteiger partial charge on any atom is 0.422 e. The van der Waals surface area contributed by atoms with Crippen LogP contribution in [0.25, 0.3) is 32.9 Å². The van der Waals surface area contributed by atoms with Gasteiger partial charge in [0.15, 0.2) is 6.61 Å². The van der Waals surface area contributed by atoms with Gasteiger partial charge in [0, 0.05) is 10.9 Å². The van der Waals surface area contributed by atoms with Gasteiger partial charge < -0.3 is 15.5 Å². The molecule has 0 atom stereocenters. The molecule has 3 heterocycles. The van der Waals surface area contributed by atoms with Crippen molar-refractivity contribution >= 4 is 27.5 Å². The highest BCUT2D eigenvalue weighted by atomic mass is 19.4. The number of aryl methyl sites for hydroxylation is 1. The molecule has 29 heavy (non-hydrogen) atoms. The molecule has 0 unspecified atom stereocenters. The molecule has 4 aromatic rings. The number of pyridine rings is 2. The van der Waals surface area contributed by atoms with E-state index < -0.39 is 24.2 Å². The second kappa shape index (κ2) is 6.47. The van der Waals surface area contributed by atoms with Crippen molar-refractivity contribution in [2.24, 2.45) is 0 Å². The molecule has 0 saturated carbocycles. The van der Waals surface area contributed by atoms with E-state index >= 15 is 0 Å². The normalized spacial score (nSPS) is 12.0. The number of nitrogens with zero attached hydrogens (tertiary/aromatic N) is 2. The smallest absolute Gasteiger partial charge is 0.422 e. The molecule has 3 aromatic heterocycles. The molecule has 0 saturated heterocycles. The van der Waals surface area contributed by atoms with Crippen molar-refractivity contribution < 1.29 is 22.3 Å². The lowest BCUT2D eigenvalue weighted by Crippen LogP contribution is -2.20. The van der Waals surface area contributed by atoms with Gasteiger partial charge in [0.25, 0.3) is 5.56 Å². The molecule has 150 valence electrons. The molecule has 4 N–H and O–H groups in total. The highest BCUT2D eigenvalue weighted by Crippen LogP contribution is 2.40. The number of hydrogen-bond acceptors (Lipinski definition) is 5. The quantitative estimate of drug-likeness (QED) is 0.451.